The summed E-state index contributed by atoms with van der Waals surface area (Å²) in [5.41, 5.74) is 8.71. The molecule has 0 unspecified atom stereocenters. The van der Waals surface area contributed by atoms with Crippen molar-refractivity contribution in [1.82, 2.24) is 10.3 Å². The highest BCUT2D eigenvalue weighted by atomic mass is 32.1. The van der Waals surface area contributed by atoms with E-state index < -0.39 is 12.1 Å². The standard InChI is InChI=1S/C17H20N4OS.C2HF3O2/c18-8-5-12-1-3-14(4-2-12)21-16(22)15-11-20-17(23-15)13-6-9-19-10-7-13;3-2(4,5)1(6)7/h1-4,6,11,19H,5,7-10,18H2,(H,21,22);(H,6,7). The maximum atomic E-state index is 12.3. The molecule has 0 saturated carbocycles. The summed E-state index contributed by atoms with van der Waals surface area (Å²) in [4.78, 5) is 26.2. The van der Waals surface area contributed by atoms with E-state index in [9.17, 15) is 18.0 Å². The second kappa shape index (κ2) is 10.9. The lowest BCUT2D eigenvalue weighted by Crippen LogP contribution is -2.21. The van der Waals surface area contributed by atoms with Crippen molar-refractivity contribution in [2.75, 3.05) is 25.0 Å². The van der Waals surface area contributed by atoms with Crippen LogP contribution in [0.4, 0.5) is 18.9 Å². The van der Waals surface area contributed by atoms with E-state index in [1.165, 1.54) is 22.5 Å². The summed E-state index contributed by atoms with van der Waals surface area (Å²) in [6, 6.07) is 7.78. The molecule has 1 aromatic carbocycles. The van der Waals surface area contributed by atoms with Gasteiger partial charge in [0, 0.05) is 12.2 Å². The minimum atomic E-state index is -5.08. The summed E-state index contributed by atoms with van der Waals surface area (Å²) in [5.74, 6) is -2.87. The zero-order valence-corrected chi connectivity index (χ0v) is 16.6. The molecule has 0 atom stereocenters. The number of carboxylic acid groups (broad SMARTS) is 1. The van der Waals surface area contributed by atoms with Crippen LogP contribution in [0.5, 0.6) is 0 Å². The van der Waals surface area contributed by atoms with E-state index in [1.807, 2.05) is 24.3 Å². The lowest BCUT2D eigenvalue weighted by Gasteiger charge is -2.11. The molecule has 1 amide bonds. The quantitative estimate of drug-likeness (QED) is 0.566. The summed E-state index contributed by atoms with van der Waals surface area (Å²) in [6.45, 7) is 2.45. The first kappa shape index (κ1) is 23.5. The number of nitrogens with two attached hydrogens (primary N) is 1. The van der Waals surface area contributed by atoms with Crippen molar-refractivity contribution in [2.24, 2.45) is 5.73 Å². The topological polar surface area (TPSA) is 117 Å². The van der Waals surface area contributed by atoms with Gasteiger partial charge in [0.2, 0.25) is 0 Å². The number of hydrogen-bond donors (Lipinski definition) is 4. The van der Waals surface area contributed by atoms with E-state index in [0.717, 1.165) is 36.6 Å². The minimum Gasteiger partial charge on any atom is -0.475 e. The van der Waals surface area contributed by atoms with E-state index in [-0.39, 0.29) is 5.91 Å². The molecular weight excluding hydrogens is 421 g/mol. The lowest BCUT2D eigenvalue weighted by molar-refractivity contribution is -0.192. The van der Waals surface area contributed by atoms with Crippen molar-refractivity contribution in [1.29, 1.82) is 0 Å². The summed E-state index contributed by atoms with van der Waals surface area (Å²) < 4.78 is 31.7. The summed E-state index contributed by atoms with van der Waals surface area (Å²) >= 11 is 1.44. The number of hydrogen-bond acceptors (Lipinski definition) is 6. The Morgan fingerprint density at radius 2 is 1.93 bits per heavy atom. The predicted molar refractivity (Wildman–Crippen MR) is 108 cm³/mol. The number of carbonyl (C=O) groups is 2. The zero-order valence-electron chi connectivity index (χ0n) is 15.8. The van der Waals surface area contributed by atoms with E-state index in [1.54, 1.807) is 6.20 Å². The molecule has 0 spiro atoms. The number of aromatic nitrogens is 1. The van der Waals surface area contributed by atoms with Crippen LogP contribution < -0.4 is 16.4 Å². The van der Waals surface area contributed by atoms with Gasteiger partial charge in [-0.05, 0) is 49.2 Å². The predicted octanol–water partition coefficient (Wildman–Crippen LogP) is 2.91. The molecule has 0 saturated heterocycles. The Kier molecular flexibility index (Phi) is 8.51. The van der Waals surface area contributed by atoms with Gasteiger partial charge in [-0.25, -0.2) is 9.78 Å². The number of nitrogens with zero attached hydrogens (tertiary/aromatic N) is 1. The molecule has 1 aliphatic heterocycles. The first-order chi connectivity index (χ1) is 14.2. The highest BCUT2D eigenvalue weighted by Crippen LogP contribution is 2.25. The fourth-order valence-electron chi connectivity index (χ4n) is 2.46. The Morgan fingerprint density at radius 1 is 1.27 bits per heavy atom. The zero-order chi connectivity index (χ0) is 22.1. The Hall–Kier alpha value is -2.76. The number of carbonyl (C=O) groups excluding carboxylic acids is 1. The van der Waals surface area contributed by atoms with Crippen LogP contribution in [0.3, 0.4) is 0 Å². The summed E-state index contributed by atoms with van der Waals surface area (Å²) in [6.07, 6.45) is 0.509. The van der Waals surface area contributed by atoms with Crippen molar-refractivity contribution < 1.29 is 27.9 Å². The van der Waals surface area contributed by atoms with Gasteiger partial charge in [0.05, 0.1) is 6.20 Å². The highest BCUT2D eigenvalue weighted by Gasteiger charge is 2.38. The molecule has 0 fully saturated rings. The van der Waals surface area contributed by atoms with Crippen LogP contribution in [0, 0.1) is 0 Å². The largest absolute Gasteiger partial charge is 0.490 e. The highest BCUT2D eigenvalue weighted by molar-refractivity contribution is 7.14. The fraction of sp³-hybridized carbons (Fsp3) is 0.316. The Morgan fingerprint density at radius 3 is 2.47 bits per heavy atom. The molecule has 11 heteroatoms. The molecule has 2 aromatic rings. The molecule has 0 aliphatic carbocycles. The molecule has 0 bridgehead atoms. The van der Waals surface area contributed by atoms with Crippen molar-refractivity contribution in [3.63, 3.8) is 0 Å². The van der Waals surface area contributed by atoms with Crippen molar-refractivity contribution in [3.8, 4) is 0 Å². The Bertz CT molecular complexity index is 895. The number of thiazole rings is 1. The van der Waals surface area contributed by atoms with Crippen LogP contribution >= 0.6 is 11.3 Å². The van der Waals surface area contributed by atoms with Gasteiger partial charge in [0.1, 0.15) is 9.88 Å². The molecule has 1 aliphatic rings. The van der Waals surface area contributed by atoms with Crippen LogP contribution in [0.2, 0.25) is 0 Å². The maximum absolute atomic E-state index is 12.3. The first-order valence-electron chi connectivity index (χ1n) is 8.97. The normalized spacial score (nSPS) is 13.7. The van der Waals surface area contributed by atoms with Gasteiger partial charge in [-0.3, -0.25) is 4.79 Å². The van der Waals surface area contributed by atoms with Crippen LogP contribution in [0.15, 0.2) is 36.5 Å². The van der Waals surface area contributed by atoms with Crippen molar-refractivity contribution >= 4 is 34.5 Å². The molecule has 3 rings (SSSR count). The monoisotopic (exact) mass is 442 g/mol. The maximum Gasteiger partial charge on any atom is 0.490 e. The van der Waals surface area contributed by atoms with Gasteiger partial charge >= 0.3 is 12.1 Å². The fourth-order valence-corrected chi connectivity index (χ4v) is 3.34. The number of rotatable bonds is 5. The van der Waals surface area contributed by atoms with Crippen LogP contribution in [0.25, 0.3) is 5.57 Å². The molecule has 7 nitrogen and oxygen atoms in total. The molecule has 2 heterocycles. The third-order valence-corrected chi connectivity index (χ3v) is 5.03. The van der Waals surface area contributed by atoms with E-state index >= 15 is 0 Å². The van der Waals surface area contributed by atoms with Crippen molar-refractivity contribution in [2.45, 2.75) is 19.0 Å². The first-order valence-corrected chi connectivity index (χ1v) is 9.78. The smallest absolute Gasteiger partial charge is 0.475 e. The Balaban J connectivity index is 0.000000396. The van der Waals surface area contributed by atoms with Gasteiger partial charge in [-0.1, -0.05) is 18.2 Å². The number of alkyl halides is 3. The molecular formula is C19H21F3N4O3S. The molecule has 5 N–H and O–H groups in total. The number of carboxylic acids is 1. The average Bonchev–Trinajstić information content (AvgIpc) is 3.21. The number of aliphatic carboxylic acids is 1. The molecule has 0 radical (unpaired) electrons. The average molecular weight is 442 g/mol. The van der Waals surface area contributed by atoms with Crippen LogP contribution in [0.1, 0.15) is 26.7 Å². The number of nitrogens with one attached hydrogen (secondary N) is 2. The van der Waals surface area contributed by atoms with Gasteiger partial charge < -0.3 is 21.5 Å². The number of benzene rings is 1. The van der Waals surface area contributed by atoms with Gasteiger partial charge in [0.15, 0.2) is 0 Å². The Labute approximate surface area is 174 Å². The number of anilines is 1. The van der Waals surface area contributed by atoms with Crippen LogP contribution in [-0.4, -0.2) is 47.8 Å². The lowest BCUT2D eigenvalue weighted by atomic mass is 10.1. The minimum absolute atomic E-state index is 0.116. The summed E-state index contributed by atoms with van der Waals surface area (Å²) in [7, 11) is 0. The second-order valence-electron chi connectivity index (χ2n) is 6.21. The second-order valence-corrected chi connectivity index (χ2v) is 7.24. The SMILES string of the molecule is NCCc1ccc(NC(=O)c2cnc(C3=CCNCC3)s2)cc1.O=C(O)C(F)(F)F. The van der Waals surface area contributed by atoms with Crippen LogP contribution in [-0.2, 0) is 11.2 Å². The summed E-state index contributed by atoms with van der Waals surface area (Å²) in [5, 5.41) is 14.3. The van der Waals surface area contributed by atoms with Gasteiger partial charge in [0.25, 0.3) is 5.91 Å². The van der Waals surface area contributed by atoms with Crippen molar-refractivity contribution in [3.05, 3.63) is 52.0 Å². The van der Waals surface area contributed by atoms with E-state index in [4.69, 9.17) is 15.6 Å². The molecule has 30 heavy (non-hydrogen) atoms. The van der Waals surface area contributed by atoms with E-state index in [2.05, 4.69) is 21.7 Å². The third kappa shape index (κ3) is 7.25. The number of amides is 1. The van der Waals surface area contributed by atoms with Gasteiger partial charge in [-0.15, -0.1) is 11.3 Å². The molecule has 162 valence electrons. The van der Waals surface area contributed by atoms with E-state index in [0.29, 0.717) is 11.4 Å². The number of halogens is 3. The third-order valence-electron chi connectivity index (χ3n) is 3.96. The van der Waals surface area contributed by atoms with Gasteiger partial charge in [-0.2, -0.15) is 13.2 Å². The molecule has 1 aromatic heterocycles.